The highest BCUT2D eigenvalue weighted by molar-refractivity contribution is 9.84. The van der Waals surface area contributed by atoms with E-state index in [-0.39, 0.29) is 5.04 Å². The molecule has 86 valence electrons. The molecular formula is C4H9Br7Si3. The molecule has 0 aliphatic heterocycles. The molecule has 0 N–H and O–H groups in total. The standard InChI is InChI=1S/C4H9Br7Si3/c1-4(2,3)12(5,6)14(10,11)13(7,8)9/h1-3H3. The van der Waals surface area contributed by atoms with Crippen LogP contribution in [0.1, 0.15) is 20.8 Å². The van der Waals surface area contributed by atoms with Crippen molar-refractivity contribution in [2.45, 2.75) is 25.8 Å². The molecule has 0 aromatic heterocycles. The van der Waals surface area contributed by atoms with Gasteiger partial charge in [0, 0.05) is 0 Å². The molecule has 0 aliphatic carbocycles. The number of hydrogen-bond acceptors (Lipinski definition) is 0. The lowest BCUT2D eigenvalue weighted by atomic mass is 10.3. The van der Waals surface area contributed by atoms with E-state index >= 15 is 0 Å². The molecule has 0 aromatic rings. The van der Waals surface area contributed by atoms with E-state index in [1.54, 1.807) is 0 Å². The Morgan fingerprint density at radius 2 is 1.00 bits per heavy atom. The predicted molar refractivity (Wildman–Crippen MR) is 99.5 cm³/mol. The van der Waals surface area contributed by atoms with Gasteiger partial charge in [-0.15, -0.1) is 61.2 Å². The summed E-state index contributed by atoms with van der Waals surface area (Å²) in [5.74, 6) is 0. The third kappa shape index (κ3) is 3.75. The average molecular weight is 701 g/mol. The van der Waals surface area contributed by atoms with Gasteiger partial charge in [-0.2, -0.15) is 0 Å². The molecule has 10 heteroatoms. The summed E-state index contributed by atoms with van der Waals surface area (Å²) >= 11 is 26.9. The van der Waals surface area contributed by atoms with E-state index in [2.05, 4.69) is 128 Å². The van der Waals surface area contributed by atoms with Crippen LogP contribution in [0.15, 0.2) is 0 Å². The first-order chi connectivity index (χ1) is 5.75. The topological polar surface area (TPSA) is 0 Å². The second-order valence-electron chi connectivity index (χ2n) is 3.90. The Morgan fingerprint density at radius 1 is 0.714 bits per heavy atom. The molecule has 0 rings (SSSR count). The van der Waals surface area contributed by atoms with Crippen LogP contribution in [0, 0.1) is 0 Å². The number of hydrogen-bond donors (Lipinski definition) is 0. The van der Waals surface area contributed by atoms with Crippen molar-refractivity contribution in [2.75, 3.05) is 0 Å². The Balaban J connectivity index is 5.30. The lowest BCUT2D eigenvalue weighted by Gasteiger charge is -2.43. The van der Waals surface area contributed by atoms with Crippen molar-refractivity contribution in [1.82, 2.24) is 0 Å². The average Bonchev–Trinajstić information content (AvgIpc) is 1.81. The van der Waals surface area contributed by atoms with Gasteiger partial charge in [0.2, 0.25) is 9.18 Å². The lowest BCUT2D eigenvalue weighted by Crippen LogP contribution is -2.61. The van der Waals surface area contributed by atoms with Gasteiger partial charge in [-0.1, -0.05) is 66.6 Å². The highest BCUT2D eigenvalue weighted by Crippen LogP contribution is 2.60. The van der Waals surface area contributed by atoms with Crippen LogP contribution < -0.4 is 0 Å². The summed E-state index contributed by atoms with van der Waals surface area (Å²) in [4.78, 5) is -1.75. The van der Waals surface area contributed by atoms with Crippen LogP contribution in [0.3, 0.4) is 0 Å². The van der Waals surface area contributed by atoms with Crippen LogP contribution in [0.2, 0.25) is 5.04 Å². The van der Waals surface area contributed by atoms with Gasteiger partial charge in [0.05, 0.1) is 0 Å². The smallest absolute Gasteiger partial charge is 0.113 e. The molecular weight excluding hydrogens is 692 g/mol. The second-order valence-corrected chi connectivity index (χ2v) is 79.9. The molecule has 0 saturated carbocycles. The maximum atomic E-state index is 3.93. The third-order valence-electron chi connectivity index (χ3n) is 1.69. The highest BCUT2D eigenvalue weighted by Gasteiger charge is 2.67. The van der Waals surface area contributed by atoms with E-state index < -0.39 is 12.6 Å². The van der Waals surface area contributed by atoms with Crippen LogP contribution in [0.5, 0.6) is 0 Å². The second kappa shape index (κ2) is 5.56. The summed E-state index contributed by atoms with van der Waals surface area (Å²) in [6, 6.07) is 0. The Morgan fingerprint density at radius 3 is 1.07 bits per heavy atom. The van der Waals surface area contributed by atoms with Crippen molar-refractivity contribution < 1.29 is 0 Å². The molecule has 0 fully saturated rings. The first-order valence-electron chi connectivity index (χ1n) is 3.57. The molecule has 0 radical (unpaired) electrons. The number of rotatable bonds is 2. The van der Waals surface area contributed by atoms with Crippen LogP contribution >= 0.6 is 107 Å². The van der Waals surface area contributed by atoms with E-state index in [4.69, 9.17) is 0 Å². The zero-order chi connectivity index (χ0) is 12.0. The Hall–Kier alpha value is 4.01. The van der Waals surface area contributed by atoms with Gasteiger partial charge < -0.3 is 0 Å². The van der Waals surface area contributed by atoms with E-state index in [0.717, 1.165) is 0 Å². The fourth-order valence-corrected chi connectivity index (χ4v) is 106. The van der Waals surface area contributed by atoms with Gasteiger partial charge in [0.15, 0.2) is 0 Å². The van der Waals surface area contributed by atoms with Gasteiger partial charge in [0.25, 0.3) is 3.45 Å². The minimum atomic E-state index is -1.78. The minimum absolute atomic E-state index is 0.222. The van der Waals surface area contributed by atoms with Crippen LogP contribution in [-0.2, 0) is 0 Å². The van der Waals surface area contributed by atoms with Gasteiger partial charge in [0.1, 0.15) is 0 Å². The summed E-state index contributed by atoms with van der Waals surface area (Å²) in [6.45, 7) is 6.75. The first kappa shape index (κ1) is 18.0. The van der Waals surface area contributed by atoms with Crippen LogP contribution in [0.4, 0.5) is 0 Å². The van der Waals surface area contributed by atoms with E-state index in [1.165, 1.54) is 0 Å². The van der Waals surface area contributed by atoms with Gasteiger partial charge in [-0.3, -0.25) is 0 Å². The molecule has 0 heterocycles. The van der Waals surface area contributed by atoms with Crippen molar-refractivity contribution in [1.29, 1.82) is 0 Å². The van der Waals surface area contributed by atoms with Crippen molar-refractivity contribution in [2.24, 2.45) is 0 Å². The van der Waals surface area contributed by atoms with Gasteiger partial charge in [-0.05, 0) is 5.04 Å². The first-order valence-corrected chi connectivity index (χ1v) is 27.4. The normalized spacial score (nSPS) is 15.9. The van der Waals surface area contributed by atoms with Crippen molar-refractivity contribution in [3.63, 3.8) is 0 Å². The molecule has 0 aromatic carbocycles. The van der Waals surface area contributed by atoms with E-state index in [9.17, 15) is 0 Å². The Kier molecular flexibility index (Phi) is 7.15. The minimum Gasteiger partial charge on any atom is -0.113 e. The predicted octanol–water partition coefficient (Wildman–Crippen LogP) is 6.53. The van der Waals surface area contributed by atoms with Gasteiger partial charge >= 0.3 is 0 Å². The van der Waals surface area contributed by atoms with E-state index in [1.807, 2.05) is 0 Å². The maximum Gasteiger partial charge on any atom is 0.278 e. The maximum absolute atomic E-state index is 3.93. The largest absolute Gasteiger partial charge is 0.278 e. The van der Waals surface area contributed by atoms with E-state index in [0.29, 0.717) is 0 Å². The molecule has 0 bridgehead atoms. The summed E-state index contributed by atoms with van der Waals surface area (Å²) in [5.41, 5.74) is 0. The van der Waals surface area contributed by atoms with Crippen LogP contribution in [0.25, 0.3) is 0 Å². The van der Waals surface area contributed by atoms with Crippen LogP contribution in [-0.4, -0.2) is 12.6 Å². The molecule has 14 heavy (non-hydrogen) atoms. The summed E-state index contributed by atoms with van der Waals surface area (Å²) < 4.78 is -3.53. The molecule has 0 atom stereocenters. The Labute approximate surface area is 143 Å². The van der Waals surface area contributed by atoms with Crippen molar-refractivity contribution >= 4 is 120 Å². The Bertz CT molecular complexity index is 190. The zero-order valence-corrected chi connectivity index (χ0v) is 21.7. The summed E-state index contributed by atoms with van der Waals surface area (Å²) in [5, 5.41) is 0.222. The fourth-order valence-electron chi connectivity index (χ4n) is 0.649. The quantitative estimate of drug-likeness (QED) is 0.227. The molecule has 0 aliphatic rings. The number of halogens is 7. The molecule has 0 unspecified atom stereocenters. The molecule has 0 nitrogen and oxygen atoms in total. The molecule has 0 amide bonds. The lowest BCUT2D eigenvalue weighted by molar-refractivity contribution is 0.757. The molecule has 0 saturated heterocycles. The molecule has 0 spiro atoms. The SMILES string of the molecule is CC(C)(C)[Si](Br)(Br)[Si](Br)(Br)[Si](Br)(Br)Br. The fraction of sp³-hybridized carbons (Fsp3) is 1.00. The monoisotopic (exact) mass is 693 g/mol. The van der Waals surface area contributed by atoms with Crippen molar-refractivity contribution in [3.8, 4) is 0 Å². The summed E-state index contributed by atoms with van der Waals surface area (Å²) in [6.07, 6.45) is 0. The van der Waals surface area contributed by atoms with Gasteiger partial charge in [-0.25, -0.2) is 0 Å². The van der Waals surface area contributed by atoms with Crippen molar-refractivity contribution in [3.05, 3.63) is 0 Å². The zero-order valence-electron chi connectivity index (χ0n) is 7.65. The highest BCUT2D eigenvalue weighted by atomic mass is 80.0. The third-order valence-corrected chi connectivity index (χ3v) is 138. The summed E-state index contributed by atoms with van der Waals surface area (Å²) in [7, 11) is 0.